The van der Waals surface area contributed by atoms with Crippen LogP contribution in [0.3, 0.4) is 0 Å². The summed E-state index contributed by atoms with van der Waals surface area (Å²) in [6.45, 7) is 8.30. The number of benzene rings is 2. The first-order valence-electron chi connectivity index (χ1n) is 9.65. The molecule has 0 aliphatic rings. The van der Waals surface area contributed by atoms with Crippen LogP contribution in [0.2, 0.25) is 0 Å². The fourth-order valence-corrected chi connectivity index (χ4v) is 3.11. The highest BCUT2D eigenvalue weighted by Gasteiger charge is 2.21. The van der Waals surface area contributed by atoms with Crippen LogP contribution in [0.5, 0.6) is 5.75 Å². The molecule has 0 fully saturated rings. The van der Waals surface area contributed by atoms with Crippen LogP contribution in [-0.2, 0) is 16.8 Å². The number of carbonyl (C=O) groups excluding carboxylic acids is 1. The van der Waals surface area contributed by atoms with Crippen LogP contribution in [0.1, 0.15) is 39.1 Å². The van der Waals surface area contributed by atoms with Crippen LogP contribution >= 0.6 is 0 Å². The van der Waals surface area contributed by atoms with Gasteiger partial charge in [-0.05, 0) is 42.2 Å². The van der Waals surface area contributed by atoms with E-state index in [9.17, 15) is 9.59 Å². The number of H-pyrrole nitrogens is 1. The Hall–Kier alpha value is -3.15. The van der Waals surface area contributed by atoms with Crippen LogP contribution in [0.15, 0.2) is 53.3 Å². The SMILES string of the molecule is C[C@H](Oc1cccc(C(C)(C)C)c1)C(=O)N(C)Cc1nc2ccccc2c(=O)[nH]1. The monoisotopic (exact) mass is 393 g/mol. The van der Waals surface area contributed by atoms with Crippen LogP contribution in [-0.4, -0.2) is 33.9 Å². The summed E-state index contributed by atoms with van der Waals surface area (Å²) in [5.41, 5.74) is 1.53. The first kappa shape index (κ1) is 20.6. The molecule has 1 aromatic heterocycles. The number of fused-ring (bicyclic) bond motifs is 1. The zero-order chi connectivity index (χ0) is 21.2. The molecule has 1 N–H and O–H groups in total. The van der Waals surface area contributed by atoms with Crippen molar-refractivity contribution in [2.75, 3.05) is 7.05 Å². The molecule has 0 bridgehead atoms. The molecule has 6 nitrogen and oxygen atoms in total. The van der Waals surface area contributed by atoms with Crippen molar-refractivity contribution in [1.82, 2.24) is 14.9 Å². The number of hydrogen-bond donors (Lipinski definition) is 1. The molecular weight excluding hydrogens is 366 g/mol. The van der Waals surface area contributed by atoms with Gasteiger partial charge in [0.05, 0.1) is 17.4 Å². The van der Waals surface area contributed by atoms with Gasteiger partial charge in [-0.15, -0.1) is 0 Å². The first-order chi connectivity index (χ1) is 13.6. The second-order valence-corrected chi connectivity index (χ2v) is 8.26. The average molecular weight is 393 g/mol. The maximum absolute atomic E-state index is 12.8. The number of nitrogens with one attached hydrogen (secondary N) is 1. The van der Waals surface area contributed by atoms with Crippen LogP contribution in [0.4, 0.5) is 0 Å². The number of amides is 1. The second-order valence-electron chi connectivity index (χ2n) is 8.26. The number of likely N-dealkylation sites (N-methyl/N-ethyl adjacent to an activating group) is 1. The summed E-state index contributed by atoms with van der Waals surface area (Å²) >= 11 is 0. The normalized spacial score (nSPS) is 12.6. The Balaban J connectivity index is 1.71. The van der Waals surface area contributed by atoms with Gasteiger partial charge in [-0.25, -0.2) is 4.98 Å². The van der Waals surface area contributed by atoms with Gasteiger partial charge in [0.2, 0.25) is 0 Å². The van der Waals surface area contributed by atoms with E-state index < -0.39 is 6.10 Å². The Kier molecular flexibility index (Phi) is 5.73. The van der Waals surface area contributed by atoms with Gasteiger partial charge in [-0.3, -0.25) is 9.59 Å². The van der Waals surface area contributed by atoms with Crippen LogP contribution < -0.4 is 10.3 Å². The highest BCUT2D eigenvalue weighted by Crippen LogP contribution is 2.26. The van der Waals surface area contributed by atoms with Crippen molar-refractivity contribution in [3.63, 3.8) is 0 Å². The van der Waals surface area contributed by atoms with Crippen molar-refractivity contribution in [2.24, 2.45) is 0 Å². The Morgan fingerprint density at radius 1 is 1.17 bits per heavy atom. The lowest BCUT2D eigenvalue weighted by Crippen LogP contribution is -2.38. The highest BCUT2D eigenvalue weighted by atomic mass is 16.5. The average Bonchev–Trinajstić information content (AvgIpc) is 2.67. The summed E-state index contributed by atoms with van der Waals surface area (Å²) in [6, 6.07) is 14.9. The van der Waals surface area contributed by atoms with Crippen LogP contribution in [0.25, 0.3) is 10.9 Å². The van der Waals surface area contributed by atoms with E-state index >= 15 is 0 Å². The summed E-state index contributed by atoms with van der Waals surface area (Å²) in [5.74, 6) is 0.900. The van der Waals surface area contributed by atoms with Gasteiger partial charge in [0.1, 0.15) is 11.6 Å². The summed E-state index contributed by atoms with van der Waals surface area (Å²) in [5, 5.41) is 0.528. The van der Waals surface area contributed by atoms with E-state index in [1.54, 1.807) is 32.2 Å². The summed E-state index contributed by atoms with van der Waals surface area (Å²) in [7, 11) is 1.67. The molecule has 1 heterocycles. The molecule has 3 rings (SSSR count). The minimum Gasteiger partial charge on any atom is -0.481 e. The number of carbonyl (C=O) groups is 1. The maximum Gasteiger partial charge on any atom is 0.263 e. The molecule has 0 radical (unpaired) electrons. The molecule has 152 valence electrons. The quantitative estimate of drug-likeness (QED) is 0.718. The molecule has 0 aliphatic heterocycles. The summed E-state index contributed by atoms with van der Waals surface area (Å²) in [6.07, 6.45) is -0.664. The molecule has 3 aromatic rings. The summed E-state index contributed by atoms with van der Waals surface area (Å²) < 4.78 is 5.88. The third-order valence-electron chi connectivity index (χ3n) is 4.79. The van der Waals surface area contributed by atoms with Crippen molar-refractivity contribution in [3.05, 3.63) is 70.3 Å². The lowest BCUT2D eigenvalue weighted by Gasteiger charge is -2.23. The molecule has 1 amide bonds. The standard InChI is InChI=1S/C23H27N3O3/c1-15(29-17-10-8-9-16(13-17)23(2,3)4)22(28)26(5)14-20-24-19-12-7-6-11-18(19)21(27)25-20/h6-13,15H,14H2,1-5H3,(H,24,25,27)/t15-/m0/s1. The van der Waals surface area contributed by atoms with E-state index in [-0.39, 0.29) is 23.4 Å². The zero-order valence-electron chi connectivity index (χ0n) is 17.5. The van der Waals surface area contributed by atoms with Crippen molar-refractivity contribution >= 4 is 16.8 Å². The largest absolute Gasteiger partial charge is 0.481 e. The van der Waals surface area contributed by atoms with Gasteiger partial charge in [0.15, 0.2) is 6.10 Å². The molecular formula is C23H27N3O3. The van der Waals surface area contributed by atoms with Gasteiger partial charge in [0.25, 0.3) is 11.5 Å². The predicted molar refractivity (Wildman–Crippen MR) is 114 cm³/mol. The lowest BCUT2D eigenvalue weighted by molar-refractivity contribution is -0.137. The molecule has 0 saturated carbocycles. The van der Waals surface area contributed by atoms with Gasteiger partial charge in [-0.2, -0.15) is 0 Å². The van der Waals surface area contributed by atoms with Crippen LogP contribution in [0, 0.1) is 0 Å². The van der Waals surface area contributed by atoms with Gasteiger partial charge >= 0.3 is 0 Å². The predicted octanol–water partition coefficient (Wildman–Crippen LogP) is 3.65. The number of para-hydroxylation sites is 1. The smallest absolute Gasteiger partial charge is 0.263 e. The van der Waals surface area contributed by atoms with Gasteiger partial charge in [0, 0.05) is 7.05 Å². The molecule has 6 heteroatoms. The Labute approximate surface area is 170 Å². The molecule has 29 heavy (non-hydrogen) atoms. The second kappa shape index (κ2) is 8.07. The number of hydrogen-bond acceptors (Lipinski definition) is 4. The molecule has 0 spiro atoms. The Morgan fingerprint density at radius 3 is 2.62 bits per heavy atom. The van der Waals surface area contributed by atoms with Crippen molar-refractivity contribution in [3.8, 4) is 5.75 Å². The van der Waals surface area contributed by atoms with Crippen molar-refractivity contribution < 1.29 is 9.53 Å². The fraction of sp³-hybridized carbons (Fsp3) is 0.348. The van der Waals surface area contributed by atoms with Gasteiger partial charge < -0.3 is 14.6 Å². The van der Waals surface area contributed by atoms with Crippen molar-refractivity contribution in [1.29, 1.82) is 0 Å². The molecule has 1 atom stereocenters. The lowest BCUT2D eigenvalue weighted by atomic mass is 9.87. The molecule has 0 aliphatic carbocycles. The molecule has 0 unspecified atom stereocenters. The van der Waals surface area contributed by atoms with E-state index in [2.05, 4.69) is 30.7 Å². The van der Waals surface area contributed by atoms with E-state index in [0.29, 0.717) is 22.5 Å². The number of ether oxygens (including phenoxy) is 1. The van der Waals surface area contributed by atoms with E-state index in [0.717, 1.165) is 5.56 Å². The molecule has 0 saturated heterocycles. The number of nitrogens with zero attached hydrogens (tertiary/aromatic N) is 2. The zero-order valence-corrected chi connectivity index (χ0v) is 17.5. The third-order valence-corrected chi connectivity index (χ3v) is 4.79. The van der Waals surface area contributed by atoms with E-state index in [1.807, 2.05) is 30.3 Å². The van der Waals surface area contributed by atoms with Crippen molar-refractivity contribution in [2.45, 2.75) is 45.8 Å². The number of aromatic amines is 1. The third kappa shape index (κ3) is 4.83. The Morgan fingerprint density at radius 2 is 1.90 bits per heavy atom. The topological polar surface area (TPSA) is 75.3 Å². The minimum atomic E-state index is -0.664. The maximum atomic E-state index is 12.8. The van der Waals surface area contributed by atoms with Gasteiger partial charge in [-0.1, -0.05) is 45.0 Å². The van der Waals surface area contributed by atoms with E-state index in [4.69, 9.17) is 4.74 Å². The fourth-order valence-electron chi connectivity index (χ4n) is 3.11. The highest BCUT2D eigenvalue weighted by molar-refractivity contribution is 5.81. The minimum absolute atomic E-state index is 0.00294. The Bertz CT molecular complexity index is 1080. The number of aromatic nitrogens is 2. The first-order valence-corrected chi connectivity index (χ1v) is 9.65. The van der Waals surface area contributed by atoms with E-state index in [1.165, 1.54) is 4.90 Å². The summed E-state index contributed by atoms with van der Waals surface area (Å²) in [4.78, 5) is 33.7. The number of rotatable bonds is 5. The molecule has 2 aromatic carbocycles.